The van der Waals surface area contributed by atoms with Gasteiger partial charge in [-0.15, -0.1) is 0 Å². The molecule has 0 saturated heterocycles. The second-order valence-corrected chi connectivity index (χ2v) is 7.37. The summed E-state index contributed by atoms with van der Waals surface area (Å²) in [6.45, 7) is 0.334. The van der Waals surface area contributed by atoms with Crippen molar-refractivity contribution in [3.63, 3.8) is 0 Å². The summed E-state index contributed by atoms with van der Waals surface area (Å²) in [5, 5.41) is 0. The molecular weight excluding hydrogens is 387 g/mol. The van der Waals surface area contributed by atoms with E-state index in [1.165, 1.54) is 34.7 Å². The highest BCUT2D eigenvalue weighted by atomic mass is 19.1. The fourth-order valence-electron chi connectivity index (χ4n) is 3.75. The highest BCUT2D eigenvalue weighted by Crippen LogP contribution is 2.33. The Labute approximate surface area is 170 Å². The van der Waals surface area contributed by atoms with E-state index in [2.05, 4.69) is 4.98 Å². The Morgan fingerprint density at radius 1 is 1.10 bits per heavy atom. The van der Waals surface area contributed by atoms with Crippen molar-refractivity contribution in [1.29, 1.82) is 0 Å². The lowest BCUT2D eigenvalue weighted by molar-refractivity contribution is 0.412. The molecule has 8 heteroatoms. The van der Waals surface area contributed by atoms with Gasteiger partial charge in [0.25, 0.3) is 5.56 Å². The normalized spacial score (nSPS) is 13.7. The third-order valence-corrected chi connectivity index (χ3v) is 5.35. The van der Waals surface area contributed by atoms with Crippen molar-refractivity contribution in [2.45, 2.75) is 25.4 Å². The number of ether oxygens (including phenoxy) is 1. The number of rotatable bonds is 5. The molecule has 0 N–H and O–H groups in total. The maximum absolute atomic E-state index is 13.3. The number of aromatic nitrogens is 4. The van der Waals surface area contributed by atoms with Gasteiger partial charge in [-0.3, -0.25) is 9.36 Å². The van der Waals surface area contributed by atoms with Gasteiger partial charge in [-0.05, 0) is 42.7 Å². The van der Waals surface area contributed by atoms with Crippen LogP contribution in [0.15, 0.2) is 64.4 Å². The number of imidazole rings is 1. The Morgan fingerprint density at radius 3 is 2.53 bits per heavy atom. The van der Waals surface area contributed by atoms with Gasteiger partial charge < -0.3 is 9.30 Å². The van der Waals surface area contributed by atoms with Gasteiger partial charge in [0.05, 0.1) is 19.1 Å². The molecule has 1 saturated carbocycles. The predicted octanol–water partition coefficient (Wildman–Crippen LogP) is 2.88. The number of hydrogen-bond donors (Lipinski definition) is 0. The second kappa shape index (κ2) is 6.98. The molecule has 0 atom stereocenters. The average molecular weight is 406 g/mol. The largest absolute Gasteiger partial charge is 0.495 e. The first-order valence-corrected chi connectivity index (χ1v) is 9.68. The third-order valence-electron chi connectivity index (χ3n) is 5.35. The summed E-state index contributed by atoms with van der Waals surface area (Å²) in [6.07, 6.45) is 3.12. The molecule has 1 fully saturated rings. The fourth-order valence-corrected chi connectivity index (χ4v) is 3.75. The van der Waals surface area contributed by atoms with Crippen molar-refractivity contribution in [3.05, 3.63) is 87.1 Å². The first kappa shape index (κ1) is 18.4. The van der Waals surface area contributed by atoms with Crippen molar-refractivity contribution >= 4 is 11.2 Å². The van der Waals surface area contributed by atoms with Crippen LogP contribution >= 0.6 is 0 Å². The standard InChI is InChI=1S/C22H19FN4O3/c1-30-18-5-3-2-4-17(18)27-20-19(21(28)26(22(27)29)16-10-11-16)25(13-24-20)12-14-6-8-15(23)9-7-14/h2-9,13,16H,10-12H2,1H3. The van der Waals surface area contributed by atoms with Crippen LogP contribution in [0.4, 0.5) is 4.39 Å². The van der Waals surface area contributed by atoms with E-state index in [1.807, 2.05) is 6.07 Å². The third kappa shape index (κ3) is 2.92. The summed E-state index contributed by atoms with van der Waals surface area (Å²) < 4.78 is 23.2. The summed E-state index contributed by atoms with van der Waals surface area (Å²) in [5.74, 6) is 0.185. The average Bonchev–Trinajstić information content (AvgIpc) is 3.50. The minimum absolute atomic E-state index is 0.107. The van der Waals surface area contributed by atoms with Crippen molar-refractivity contribution in [3.8, 4) is 11.4 Å². The van der Waals surface area contributed by atoms with Crippen LogP contribution in [0.1, 0.15) is 24.4 Å². The predicted molar refractivity (Wildman–Crippen MR) is 110 cm³/mol. The lowest BCUT2D eigenvalue weighted by Gasteiger charge is -2.14. The number of methoxy groups -OCH3 is 1. The van der Waals surface area contributed by atoms with Crippen LogP contribution in [-0.4, -0.2) is 25.8 Å². The SMILES string of the molecule is COc1ccccc1-n1c(=O)n(C2CC2)c(=O)c2c1ncn2Cc1ccc(F)cc1. The first-order valence-electron chi connectivity index (χ1n) is 9.68. The Morgan fingerprint density at radius 2 is 1.83 bits per heavy atom. The van der Waals surface area contributed by atoms with E-state index in [1.54, 1.807) is 34.9 Å². The van der Waals surface area contributed by atoms with Gasteiger partial charge in [-0.1, -0.05) is 24.3 Å². The lowest BCUT2D eigenvalue weighted by atomic mass is 10.2. The molecular formula is C22H19FN4O3. The zero-order valence-corrected chi connectivity index (χ0v) is 16.3. The summed E-state index contributed by atoms with van der Waals surface area (Å²) >= 11 is 0. The Kier molecular flexibility index (Phi) is 4.27. The van der Waals surface area contributed by atoms with E-state index in [9.17, 15) is 14.0 Å². The molecule has 0 amide bonds. The van der Waals surface area contributed by atoms with Crippen LogP contribution in [0.25, 0.3) is 16.9 Å². The Hall–Kier alpha value is -3.68. The van der Waals surface area contributed by atoms with Crippen LogP contribution in [0.5, 0.6) is 5.75 Å². The molecule has 0 spiro atoms. The number of benzene rings is 2. The van der Waals surface area contributed by atoms with Crippen molar-refractivity contribution in [1.82, 2.24) is 18.7 Å². The highest BCUT2D eigenvalue weighted by molar-refractivity contribution is 5.73. The molecule has 1 aliphatic rings. The van der Waals surface area contributed by atoms with E-state index >= 15 is 0 Å². The number of nitrogens with zero attached hydrogens (tertiary/aromatic N) is 4. The molecule has 0 unspecified atom stereocenters. The van der Waals surface area contributed by atoms with E-state index < -0.39 is 5.69 Å². The van der Waals surface area contributed by atoms with Crippen molar-refractivity contribution < 1.29 is 9.13 Å². The molecule has 2 aromatic carbocycles. The molecule has 1 aliphatic carbocycles. The molecule has 0 bridgehead atoms. The van der Waals surface area contributed by atoms with Gasteiger partial charge in [0.15, 0.2) is 11.2 Å². The molecule has 2 aromatic heterocycles. The zero-order chi connectivity index (χ0) is 20.8. The fraction of sp³-hybridized carbons (Fsp3) is 0.227. The van der Waals surface area contributed by atoms with E-state index in [-0.39, 0.29) is 23.1 Å². The van der Waals surface area contributed by atoms with Gasteiger partial charge in [-0.2, -0.15) is 0 Å². The minimum atomic E-state index is -0.425. The maximum atomic E-state index is 13.3. The number of hydrogen-bond acceptors (Lipinski definition) is 4. The number of fused-ring (bicyclic) bond motifs is 1. The van der Waals surface area contributed by atoms with E-state index in [4.69, 9.17) is 4.74 Å². The monoisotopic (exact) mass is 406 g/mol. The maximum Gasteiger partial charge on any atom is 0.337 e. The lowest BCUT2D eigenvalue weighted by Crippen LogP contribution is -2.39. The molecule has 0 aliphatic heterocycles. The first-order chi connectivity index (χ1) is 14.6. The number of para-hydroxylation sites is 2. The Balaban J connectivity index is 1.79. The second-order valence-electron chi connectivity index (χ2n) is 7.37. The molecule has 152 valence electrons. The van der Waals surface area contributed by atoms with Gasteiger partial charge in [-0.25, -0.2) is 18.7 Å². The van der Waals surface area contributed by atoms with Gasteiger partial charge in [0, 0.05) is 12.6 Å². The molecule has 4 aromatic rings. The van der Waals surface area contributed by atoms with Crippen molar-refractivity contribution in [2.75, 3.05) is 7.11 Å². The summed E-state index contributed by atoms with van der Waals surface area (Å²) in [6, 6.07) is 13.1. The van der Waals surface area contributed by atoms with Gasteiger partial charge >= 0.3 is 5.69 Å². The molecule has 2 heterocycles. The molecule has 7 nitrogen and oxygen atoms in total. The van der Waals surface area contributed by atoms with Crippen molar-refractivity contribution in [2.24, 2.45) is 0 Å². The zero-order valence-electron chi connectivity index (χ0n) is 16.3. The topological polar surface area (TPSA) is 71.1 Å². The number of halogens is 1. The van der Waals surface area contributed by atoms with E-state index in [0.29, 0.717) is 23.5 Å². The summed E-state index contributed by atoms with van der Waals surface area (Å²) in [4.78, 5) is 31.0. The quantitative estimate of drug-likeness (QED) is 0.511. The molecule has 30 heavy (non-hydrogen) atoms. The summed E-state index contributed by atoms with van der Waals surface area (Å²) in [5.41, 5.74) is 1.17. The Bertz CT molecular complexity index is 1360. The van der Waals surface area contributed by atoms with Crippen LogP contribution < -0.4 is 16.0 Å². The van der Waals surface area contributed by atoms with Crippen LogP contribution in [0, 0.1) is 5.82 Å². The molecule has 5 rings (SSSR count). The minimum Gasteiger partial charge on any atom is -0.495 e. The van der Waals surface area contributed by atoms with Crippen LogP contribution in [0.3, 0.4) is 0 Å². The van der Waals surface area contributed by atoms with E-state index in [0.717, 1.165) is 18.4 Å². The molecule has 0 radical (unpaired) electrons. The smallest absolute Gasteiger partial charge is 0.337 e. The van der Waals surface area contributed by atoms with Crippen LogP contribution in [-0.2, 0) is 6.54 Å². The summed E-state index contributed by atoms with van der Waals surface area (Å²) in [7, 11) is 1.53. The van der Waals surface area contributed by atoms with Crippen LogP contribution in [0.2, 0.25) is 0 Å². The highest BCUT2D eigenvalue weighted by Gasteiger charge is 2.31. The van der Waals surface area contributed by atoms with Gasteiger partial charge in [0.2, 0.25) is 0 Å². The van der Waals surface area contributed by atoms with Gasteiger partial charge in [0.1, 0.15) is 11.6 Å².